The zero-order valence-corrected chi connectivity index (χ0v) is 12.1. The summed E-state index contributed by atoms with van der Waals surface area (Å²) in [5.74, 6) is 0.728. The van der Waals surface area contributed by atoms with Gasteiger partial charge in [0.25, 0.3) is 0 Å². The Balaban J connectivity index is 2.21. The largest absolute Gasteiger partial charge is 0.396 e. The van der Waals surface area contributed by atoms with Crippen molar-refractivity contribution >= 4 is 27.4 Å². The Bertz CT molecular complexity index is 634. The van der Waals surface area contributed by atoms with Gasteiger partial charge in [-0.15, -0.1) is 0 Å². The number of nitriles is 1. The Morgan fingerprint density at radius 2 is 2.16 bits per heavy atom. The quantitative estimate of drug-likeness (QED) is 0.945. The summed E-state index contributed by atoms with van der Waals surface area (Å²) in [5.41, 5.74) is 7.49. The van der Waals surface area contributed by atoms with Crippen LogP contribution in [0.1, 0.15) is 11.3 Å². The molecule has 5 heteroatoms. The van der Waals surface area contributed by atoms with Crippen molar-refractivity contribution in [2.75, 3.05) is 17.7 Å². The maximum atomic E-state index is 8.93. The predicted octanol–water partition coefficient (Wildman–Crippen LogP) is 2.93. The molecule has 0 spiro atoms. The van der Waals surface area contributed by atoms with Crippen LogP contribution in [0.5, 0.6) is 0 Å². The van der Waals surface area contributed by atoms with E-state index in [1.807, 2.05) is 42.3 Å². The summed E-state index contributed by atoms with van der Waals surface area (Å²) < 4.78 is 1.04. The maximum absolute atomic E-state index is 8.93. The molecule has 0 aliphatic heterocycles. The number of pyridine rings is 1. The molecule has 0 saturated carbocycles. The highest BCUT2D eigenvalue weighted by Gasteiger charge is 2.07. The molecule has 2 aromatic rings. The highest BCUT2D eigenvalue weighted by Crippen LogP contribution is 2.18. The first-order chi connectivity index (χ1) is 9.10. The summed E-state index contributed by atoms with van der Waals surface area (Å²) in [6, 6.07) is 13.6. The van der Waals surface area contributed by atoms with Crippen LogP contribution in [0.25, 0.3) is 0 Å². The SMILES string of the molecule is CN(Cc1cccc(Br)c1)c1ccc(N)c(C#N)n1. The van der Waals surface area contributed by atoms with Gasteiger partial charge < -0.3 is 10.6 Å². The van der Waals surface area contributed by atoms with E-state index >= 15 is 0 Å². The lowest BCUT2D eigenvalue weighted by Crippen LogP contribution is -2.18. The second-order valence-electron chi connectivity index (χ2n) is 4.21. The Morgan fingerprint density at radius 1 is 1.37 bits per heavy atom. The highest BCUT2D eigenvalue weighted by molar-refractivity contribution is 9.10. The van der Waals surface area contributed by atoms with Gasteiger partial charge in [0.2, 0.25) is 0 Å². The zero-order valence-electron chi connectivity index (χ0n) is 10.5. The van der Waals surface area contributed by atoms with Crippen molar-refractivity contribution in [3.63, 3.8) is 0 Å². The molecule has 2 rings (SSSR count). The number of aromatic nitrogens is 1. The first-order valence-electron chi connectivity index (χ1n) is 5.72. The third kappa shape index (κ3) is 3.24. The fourth-order valence-electron chi connectivity index (χ4n) is 1.75. The van der Waals surface area contributed by atoms with E-state index in [4.69, 9.17) is 11.0 Å². The van der Waals surface area contributed by atoms with E-state index in [1.165, 1.54) is 0 Å². The molecule has 0 fully saturated rings. The van der Waals surface area contributed by atoms with Crippen LogP contribution in [0, 0.1) is 11.3 Å². The van der Waals surface area contributed by atoms with E-state index in [2.05, 4.69) is 27.0 Å². The number of nitrogens with two attached hydrogens (primary N) is 1. The molecule has 0 radical (unpaired) electrons. The second-order valence-corrected chi connectivity index (χ2v) is 5.12. The molecule has 2 N–H and O–H groups in total. The molecule has 0 amide bonds. The van der Waals surface area contributed by atoms with Crippen molar-refractivity contribution in [2.45, 2.75) is 6.54 Å². The molecule has 0 bridgehead atoms. The first-order valence-corrected chi connectivity index (χ1v) is 6.51. The van der Waals surface area contributed by atoms with Crippen LogP contribution < -0.4 is 10.6 Å². The van der Waals surface area contributed by atoms with Crippen molar-refractivity contribution in [1.29, 1.82) is 5.26 Å². The lowest BCUT2D eigenvalue weighted by Gasteiger charge is -2.18. The molecular weight excluding hydrogens is 304 g/mol. The summed E-state index contributed by atoms with van der Waals surface area (Å²) in [5, 5.41) is 8.93. The molecule has 0 aliphatic rings. The minimum atomic E-state index is 0.263. The van der Waals surface area contributed by atoms with E-state index in [0.717, 1.165) is 15.9 Å². The molecule has 0 saturated heterocycles. The summed E-state index contributed by atoms with van der Waals surface area (Å²) >= 11 is 3.45. The summed E-state index contributed by atoms with van der Waals surface area (Å²) in [7, 11) is 1.93. The van der Waals surface area contributed by atoms with Crippen LogP contribution in [0.15, 0.2) is 40.9 Å². The van der Waals surface area contributed by atoms with Crippen LogP contribution in [0.3, 0.4) is 0 Å². The van der Waals surface area contributed by atoms with Crippen LogP contribution in [-0.2, 0) is 6.54 Å². The first kappa shape index (κ1) is 13.4. The monoisotopic (exact) mass is 316 g/mol. The lowest BCUT2D eigenvalue weighted by molar-refractivity contribution is 0.896. The van der Waals surface area contributed by atoms with Gasteiger partial charge in [0.15, 0.2) is 5.69 Å². The van der Waals surface area contributed by atoms with Gasteiger partial charge in [-0.2, -0.15) is 5.26 Å². The molecule has 1 aromatic carbocycles. The average molecular weight is 317 g/mol. The molecule has 0 aliphatic carbocycles. The topological polar surface area (TPSA) is 65.9 Å². The number of hydrogen-bond acceptors (Lipinski definition) is 4. The van der Waals surface area contributed by atoms with Gasteiger partial charge in [0, 0.05) is 18.1 Å². The standard InChI is InChI=1S/C14H13BrN4/c1-19(9-10-3-2-4-11(15)7-10)14-6-5-12(17)13(8-16)18-14/h2-7H,9,17H2,1H3. The summed E-state index contributed by atoms with van der Waals surface area (Å²) in [6.07, 6.45) is 0. The van der Waals surface area contributed by atoms with E-state index in [9.17, 15) is 0 Å². The molecular formula is C14H13BrN4. The predicted molar refractivity (Wildman–Crippen MR) is 79.6 cm³/mol. The van der Waals surface area contributed by atoms with Gasteiger partial charge in [-0.25, -0.2) is 4.98 Å². The van der Waals surface area contributed by atoms with Gasteiger partial charge in [0.1, 0.15) is 11.9 Å². The van der Waals surface area contributed by atoms with Crippen molar-refractivity contribution < 1.29 is 0 Å². The molecule has 0 atom stereocenters. The fraction of sp³-hybridized carbons (Fsp3) is 0.143. The van der Waals surface area contributed by atoms with Gasteiger partial charge in [-0.3, -0.25) is 0 Å². The Hall–Kier alpha value is -2.06. The van der Waals surface area contributed by atoms with Crippen LogP contribution in [0.2, 0.25) is 0 Å². The number of nitrogen functional groups attached to an aromatic ring is 1. The molecule has 19 heavy (non-hydrogen) atoms. The number of hydrogen-bond donors (Lipinski definition) is 1. The Kier molecular flexibility index (Phi) is 4.03. The summed E-state index contributed by atoms with van der Waals surface area (Å²) in [6.45, 7) is 0.710. The average Bonchev–Trinajstić information content (AvgIpc) is 2.39. The van der Waals surface area contributed by atoms with Gasteiger partial charge in [-0.05, 0) is 29.8 Å². The minimum absolute atomic E-state index is 0.263. The number of anilines is 2. The number of benzene rings is 1. The van der Waals surface area contributed by atoms with E-state index in [0.29, 0.717) is 12.2 Å². The molecule has 96 valence electrons. The van der Waals surface area contributed by atoms with Gasteiger partial charge in [0.05, 0.1) is 5.69 Å². The van der Waals surface area contributed by atoms with E-state index in [1.54, 1.807) is 6.07 Å². The fourth-order valence-corrected chi connectivity index (χ4v) is 2.20. The van der Waals surface area contributed by atoms with Crippen LogP contribution in [0.4, 0.5) is 11.5 Å². The smallest absolute Gasteiger partial charge is 0.165 e. The Labute approximate surface area is 120 Å². The molecule has 0 unspecified atom stereocenters. The van der Waals surface area contributed by atoms with E-state index < -0.39 is 0 Å². The normalized spacial score (nSPS) is 9.95. The number of rotatable bonds is 3. The van der Waals surface area contributed by atoms with Crippen LogP contribution in [-0.4, -0.2) is 12.0 Å². The highest BCUT2D eigenvalue weighted by atomic mass is 79.9. The Morgan fingerprint density at radius 3 is 2.84 bits per heavy atom. The molecule has 1 heterocycles. The van der Waals surface area contributed by atoms with Crippen molar-refractivity contribution in [3.8, 4) is 6.07 Å². The molecule has 4 nitrogen and oxygen atoms in total. The third-order valence-corrected chi connectivity index (χ3v) is 3.21. The molecule has 1 aromatic heterocycles. The minimum Gasteiger partial charge on any atom is -0.396 e. The maximum Gasteiger partial charge on any atom is 0.165 e. The van der Waals surface area contributed by atoms with Crippen molar-refractivity contribution in [1.82, 2.24) is 4.98 Å². The third-order valence-electron chi connectivity index (χ3n) is 2.72. The second kappa shape index (κ2) is 5.72. The lowest BCUT2D eigenvalue weighted by atomic mass is 10.2. The number of nitrogens with zero attached hydrogens (tertiary/aromatic N) is 3. The number of halogens is 1. The van der Waals surface area contributed by atoms with Crippen LogP contribution >= 0.6 is 15.9 Å². The van der Waals surface area contributed by atoms with Crippen molar-refractivity contribution in [3.05, 3.63) is 52.1 Å². The van der Waals surface area contributed by atoms with Gasteiger partial charge >= 0.3 is 0 Å². The summed E-state index contributed by atoms with van der Waals surface area (Å²) in [4.78, 5) is 6.21. The van der Waals surface area contributed by atoms with Crippen molar-refractivity contribution in [2.24, 2.45) is 0 Å². The van der Waals surface area contributed by atoms with Gasteiger partial charge in [-0.1, -0.05) is 28.1 Å². The van der Waals surface area contributed by atoms with E-state index in [-0.39, 0.29) is 5.69 Å². The zero-order chi connectivity index (χ0) is 13.8.